The lowest BCUT2D eigenvalue weighted by atomic mass is 9.83. The van der Waals surface area contributed by atoms with Gasteiger partial charge in [0.25, 0.3) is 0 Å². The van der Waals surface area contributed by atoms with Crippen LogP contribution in [0.1, 0.15) is 18.9 Å². The molecule has 80 valence electrons. The Hall–Kier alpha value is -1.51. The lowest BCUT2D eigenvalue weighted by molar-refractivity contribution is -0.131. The minimum atomic E-state index is -0.0916. The number of ether oxygens (including phenoxy) is 1. The van der Waals surface area contributed by atoms with Crippen molar-refractivity contribution in [1.29, 1.82) is 0 Å². The van der Waals surface area contributed by atoms with Crippen molar-refractivity contribution in [3.05, 3.63) is 29.8 Å². The molecule has 1 heterocycles. The first-order valence-electron chi connectivity index (χ1n) is 5.06. The average Bonchev–Trinajstić information content (AvgIpc) is 2.16. The van der Waals surface area contributed by atoms with Crippen molar-refractivity contribution >= 4 is 5.91 Å². The predicted octanol–water partition coefficient (Wildman–Crippen LogP) is 1.52. The highest BCUT2D eigenvalue weighted by atomic mass is 16.5. The fourth-order valence-electron chi connectivity index (χ4n) is 2.05. The Morgan fingerprint density at radius 1 is 1.47 bits per heavy atom. The quantitative estimate of drug-likeness (QED) is 0.760. The largest absolute Gasteiger partial charge is 0.496 e. The summed E-state index contributed by atoms with van der Waals surface area (Å²) in [5.74, 6) is 1.02. The van der Waals surface area contributed by atoms with Gasteiger partial charge in [-0.3, -0.25) is 4.79 Å². The summed E-state index contributed by atoms with van der Waals surface area (Å²) in [5.41, 5.74) is 1.05. The Kier molecular flexibility index (Phi) is 2.39. The summed E-state index contributed by atoms with van der Waals surface area (Å²) in [6.07, 6.45) is 1.42. The number of carbonyl (C=O) groups excluding carboxylic acids is 1. The van der Waals surface area contributed by atoms with Gasteiger partial charge in [-0.15, -0.1) is 0 Å². The molecule has 1 saturated heterocycles. The summed E-state index contributed by atoms with van der Waals surface area (Å²) in [6.45, 7) is 2.06. The summed E-state index contributed by atoms with van der Waals surface area (Å²) in [6, 6.07) is 7.92. The second-order valence-corrected chi connectivity index (χ2v) is 4.27. The highest BCUT2D eigenvalue weighted by molar-refractivity contribution is 5.84. The van der Waals surface area contributed by atoms with Crippen LogP contribution < -0.4 is 10.1 Å². The molecule has 1 fully saturated rings. The van der Waals surface area contributed by atoms with E-state index in [1.54, 1.807) is 7.11 Å². The van der Waals surface area contributed by atoms with Crippen LogP contribution in [-0.4, -0.2) is 18.6 Å². The summed E-state index contributed by atoms with van der Waals surface area (Å²) >= 11 is 0. The molecule has 1 aliphatic heterocycles. The lowest BCUT2D eigenvalue weighted by Gasteiger charge is -2.39. The molecule has 0 bridgehead atoms. The third-order valence-electron chi connectivity index (χ3n) is 2.77. The van der Waals surface area contributed by atoms with Gasteiger partial charge in [-0.25, -0.2) is 0 Å². The Morgan fingerprint density at radius 3 is 2.73 bits per heavy atom. The third-order valence-corrected chi connectivity index (χ3v) is 2.77. The Balaban J connectivity index is 2.14. The summed E-state index contributed by atoms with van der Waals surface area (Å²) in [5, 5.41) is 2.92. The number of amides is 1. The van der Waals surface area contributed by atoms with Gasteiger partial charge in [0.2, 0.25) is 5.91 Å². The number of para-hydroxylation sites is 1. The van der Waals surface area contributed by atoms with Crippen molar-refractivity contribution in [1.82, 2.24) is 5.32 Å². The zero-order valence-corrected chi connectivity index (χ0v) is 9.04. The van der Waals surface area contributed by atoms with Crippen molar-refractivity contribution in [3.63, 3.8) is 0 Å². The highest BCUT2D eigenvalue weighted by Crippen LogP contribution is 2.28. The van der Waals surface area contributed by atoms with Crippen LogP contribution in [0, 0.1) is 0 Å². The molecular formula is C12H15NO2. The Morgan fingerprint density at radius 2 is 2.13 bits per heavy atom. The topological polar surface area (TPSA) is 38.3 Å². The van der Waals surface area contributed by atoms with Gasteiger partial charge >= 0.3 is 0 Å². The average molecular weight is 205 g/mol. The fraction of sp³-hybridized carbons (Fsp3) is 0.417. The SMILES string of the molecule is COc1ccccc1CC1(C)CC(=O)N1. The molecular weight excluding hydrogens is 190 g/mol. The van der Waals surface area contributed by atoms with Crippen LogP contribution in [0.4, 0.5) is 0 Å². The number of nitrogens with one attached hydrogen (secondary N) is 1. The maximum Gasteiger partial charge on any atom is 0.222 e. The summed E-state index contributed by atoms with van der Waals surface area (Å²) in [7, 11) is 1.67. The van der Waals surface area contributed by atoms with Crippen molar-refractivity contribution in [3.8, 4) is 5.75 Å². The van der Waals surface area contributed by atoms with Gasteiger partial charge in [0.05, 0.1) is 12.6 Å². The van der Waals surface area contributed by atoms with Gasteiger partial charge in [0, 0.05) is 6.42 Å². The van der Waals surface area contributed by atoms with Crippen LogP contribution >= 0.6 is 0 Å². The van der Waals surface area contributed by atoms with E-state index >= 15 is 0 Å². The van der Waals surface area contributed by atoms with Crippen molar-refractivity contribution in [2.45, 2.75) is 25.3 Å². The zero-order valence-electron chi connectivity index (χ0n) is 9.04. The van der Waals surface area contributed by atoms with Gasteiger partial charge in [-0.05, 0) is 25.0 Å². The minimum Gasteiger partial charge on any atom is -0.496 e. The molecule has 1 unspecified atom stereocenters. The first-order chi connectivity index (χ1) is 7.13. The van der Waals surface area contributed by atoms with Crippen LogP contribution in [0.5, 0.6) is 5.75 Å². The molecule has 0 spiro atoms. The number of rotatable bonds is 3. The minimum absolute atomic E-state index is 0.0916. The second kappa shape index (κ2) is 3.57. The normalized spacial score (nSPS) is 24.3. The van der Waals surface area contributed by atoms with E-state index in [1.807, 2.05) is 24.3 Å². The molecule has 1 atom stereocenters. The lowest BCUT2D eigenvalue weighted by Crippen LogP contribution is -2.60. The number of benzene rings is 1. The number of methoxy groups -OCH3 is 1. The van der Waals surface area contributed by atoms with E-state index in [-0.39, 0.29) is 11.4 Å². The molecule has 0 radical (unpaired) electrons. The molecule has 0 aromatic heterocycles. The molecule has 1 aliphatic rings. The van der Waals surface area contributed by atoms with Crippen LogP contribution in [0.3, 0.4) is 0 Å². The fourth-order valence-corrected chi connectivity index (χ4v) is 2.05. The van der Waals surface area contributed by atoms with E-state index in [9.17, 15) is 4.79 Å². The van der Waals surface area contributed by atoms with E-state index in [0.717, 1.165) is 17.7 Å². The molecule has 1 N–H and O–H groups in total. The van der Waals surface area contributed by atoms with Crippen LogP contribution in [0.2, 0.25) is 0 Å². The van der Waals surface area contributed by atoms with Crippen molar-refractivity contribution < 1.29 is 9.53 Å². The van der Waals surface area contributed by atoms with E-state index < -0.39 is 0 Å². The van der Waals surface area contributed by atoms with Gasteiger partial charge < -0.3 is 10.1 Å². The van der Waals surface area contributed by atoms with E-state index in [0.29, 0.717) is 6.42 Å². The third kappa shape index (κ3) is 1.96. The number of hydrogen-bond acceptors (Lipinski definition) is 2. The second-order valence-electron chi connectivity index (χ2n) is 4.27. The standard InChI is InChI=1S/C12H15NO2/c1-12(8-11(14)13-12)7-9-5-3-4-6-10(9)15-2/h3-6H,7-8H2,1-2H3,(H,13,14). The monoisotopic (exact) mass is 205 g/mol. The van der Waals surface area contributed by atoms with Crippen molar-refractivity contribution in [2.75, 3.05) is 7.11 Å². The first-order valence-corrected chi connectivity index (χ1v) is 5.06. The van der Waals surface area contributed by atoms with Crippen LogP contribution in [-0.2, 0) is 11.2 Å². The molecule has 3 nitrogen and oxygen atoms in total. The van der Waals surface area contributed by atoms with Gasteiger partial charge in [0.1, 0.15) is 5.75 Å². The molecule has 1 aromatic rings. The summed E-state index contributed by atoms with van der Waals surface area (Å²) < 4.78 is 5.27. The molecule has 1 amide bonds. The Labute approximate surface area is 89.4 Å². The smallest absolute Gasteiger partial charge is 0.222 e. The molecule has 3 heteroatoms. The van der Waals surface area contributed by atoms with Gasteiger partial charge in [0.15, 0.2) is 0 Å². The van der Waals surface area contributed by atoms with Gasteiger partial charge in [-0.2, -0.15) is 0 Å². The van der Waals surface area contributed by atoms with Crippen molar-refractivity contribution in [2.24, 2.45) is 0 Å². The number of hydrogen-bond donors (Lipinski definition) is 1. The van der Waals surface area contributed by atoms with E-state index in [2.05, 4.69) is 12.2 Å². The first kappa shape index (κ1) is 10.0. The predicted molar refractivity (Wildman–Crippen MR) is 57.9 cm³/mol. The zero-order chi connectivity index (χ0) is 10.9. The van der Waals surface area contributed by atoms with E-state index in [1.165, 1.54) is 0 Å². The van der Waals surface area contributed by atoms with Gasteiger partial charge in [-0.1, -0.05) is 18.2 Å². The highest BCUT2D eigenvalue weighted by Gasteiger charge is 2.38. The Bertz CT molecular complexity index is 379. The number of carbonyl (C=O) groups is 1. The molecule has 0 saturated carbocycles. The number of β-lactam (4-membered cyclic amide) rings is 1. The molecule has 0 aliphatic carbocycles. The maximum atomic E-state index is 10.9. The van der Waals surface area contributed by atoms with E-state index in [4.69, 9.17) is 4.74 Å². The molecule has 1 aromatic carbocycles. The molecule has 15 heavy (non-hydrogen) atoms. The van der Waals surface area contributed by atoms with Crippen LogP contribution in [0.25, 0.3) is 0 Å². The molecule has 2 rings (SSSR count). The van der Waals surface area contributed by atoms with Crippen LogP contribution in [0.15, 0.2) is 24.3 Å². The summed E-state index contributed by atoms with van der Waals surface area (Å²) in [4.78, 5) is 10.9. The maximum absolute atomic E-state index is 10.9.